The van der Waals surface area contributed by atoms with Gasteiger partial charge in [0.2, 0.25) is 0 Å². The van der Waals surface area contributed by atoms with Gasteiger partial charge in [0.05, 0.1) is 26.2 Å². The van der Waals surface area contributed by atoms with Crippen molar-refractivity contribution in [1.29, 1.82) is 0 Å². The Morgan fingerprint density at radius 1 is 0.903 bits per heavy atom. The van der Waals surface area contributed by atoms with E-state index in [0.29, 0.717) is 0 Å². The normalized spacial score (nSPS) is 21.2. The molecule has 7 nitrogen and oxygen atoms in total. The number of piperazine rings is 1. The number of hydrogen-bond acceptors (Lipinski definition) is 4. The maximum Gasteiger partial charge on any atom is 0.320 e. The number of urea groups is 1. The molecule has 31 heavy (non-hydrogen) atoms. The van der Waals surface area contributed by atoms with E-state index in [9.17, 15) is 4.79 Å². The maximum absolute atomic E-state index is 12.6. The van der Waals surface area contributed by atoms with Gasteiger partial charge in [0.25, 0.3) is 0 Å². The van der Waals surface area contributed by atoms with Crippen LogP contribution in [-0.4, -0.2) is 105 Å². The fraction of sp³-hybridized carbons (Fsp3) is 0.708. The number of amides is 2. The summed E-state index contributed by atoms with van der Waals surface area (Å²) in [6.45, 7) is 9.70. The summed E-state index contributed by atoms with van der Waals surface area (Å²) in [5, 5.41) is 2.38. The first kappa shape index (κ1) is 22.2. The summed E-state index contributed by atoms with van der Waals surface area (Å²) in [4.78, 5) is 19.0. The number of anilines is 1. The number of carbonyl (C=O) groups excluding carboxylic acids is 1. The standard InChI is InChI=1S/C24H40N5O2/c1-25(2)29(18-5-6-19-29)20-7-21-31-23-10-8-22(9-11-23)26-14-16-28(17-15-26)24(30)27-12-3-4-13-27/h8-11H,3-7,12-21H2,1-2H3/q+1. The molecule has 3 fully saturated rings. The van der Waals surface area contributed by atoms with E-state index in [-0.39, 0.29) is 6.03 Å². The number of carbonyl (C=O) groups is 1. The number of likely N-dealkylation sites (tertiary alicyclic amines) is 2. The molecule has 0 saturated carbocycles. The van der Waals surface area contributed by atoms with Gasteiger partial charge in [0.15, 0.2) is 0 Å². The Kier molecular flexibility index (Phi) is 7.23. The number of ether oxygens (including phenoxy) is 1. The molecule has 4 rings (SSSR count). The fourth-order valence-electron chi connectivity index (χ4n) is 5.31. The summed E-state index contributed by atoms with van der Waals surface area (Å²) in [7, 11) is 4.40. The first-order chi connectivity index (χ1) is 15.1. The van der Waals surface area contributed by atoms with Crippen LogP contribution in [0.2, 0.25) is 0 Å². The van der Waals surface area contributed by atoms with Gasteiger partial charge in [0, 0.05) is 78.3 Å². The third-order valence-electron chi connectivity index (χ3n) is 7.36. The Hall–Kier alpha value is -1.99. The van der Waals surface area contributed by atoms with Crippen LogP contribution in [0.1, 0.15) is 32.1 Å². The average Bonchev–Trinajstić information content (AvgIpc) is 3.50. The highest BCUT2D eigenvalue weighted by atomic mass is 16.5. The molecule has 0 N–H and O–H groups in total. The van der Waals surface area contributed by atoms with Gasteiger partial charge in [-0.2, -0.15) is 5.01 Å². The van der Waals surface area contributed by atoms with Crippen LogP contribution in [0.4, 0.5) is 10.5 Å². The molecule has 3 heterocycles. The van der Waals surface area contributed by atoms with Crippen molar-refractivity contribution in [2.45, 2.75) is 32.1 Å². The van der Waals surface area contributed by atoms with Gasteiger partial charge in [-0.3, -0.25) is 0 Å². The lowest BCUT2D eigenvalue weighted by Crippen LogP contribution is -2.55. The molecule has 1 aromatic carbocycles. The van der Waals surface area contributed by atoms with E-state index < -0.39 is 0 Å². The predicted molar refractivity (Wildman–Crippen MR) is 124 cm³/mol. The highest BCUT2D eigenvalue weighted by molar-refractivity contribution is 5.75. The average molecular weight is 431 g/mol. The zero-order chi connectivity index (χ0) is 21.7. The van der Waals surface area contributed by atoms with Crippen LogP contribution < -0.4 is 9.64 Å². The van der Waals surface area contributed by atoms with E-state index in [0.717, 1.165) is 82.0 Å². The minimum Gasteiger partial charge on any atom is -0.493 e. The summed E-state index contributed by atoms with van der Waals surface area (Å²) >= 11 is 0. The highest BCUT2D eigenvalue weighted by Crippen LogP contribution is 2.23. The zero-order valence-electron chi connectivity index (χ0n) is 19.5. The minimum absolute atomic E-state index is 0.230. The van der Waals surface area contributed by atoms with Crippen LogP contribution >= 0.6 is 0 Å². The summed E-state index contributed by atoms with van der Waals surface area (Å²) in [6, 6.07) is 8.71. The van der Waals surface area contributed by atoms with Crippen molar-refractivity contribution in [2.24, 2.45) is 0 Å². The van der Waals surface area contributed by atoms with E-state index in [1.54, 1.807) is 0 Å². The largest absolute Gasteiger partial charge is 0.493 e. The summed E-state index contributed by atoms with van der Waals surface area (Å²) in [5.41, 5.74) is 1.22. The van der Waals surface area contributed by atoms with E-state index >= 15 is 0 Å². The van der Waals surface area contributed by atoms with Gasteiger partial charge >= 0.3 is 6.03 Å². The molecule has 3 aliphatic rings. The van der Waals surface area contributed by atoms with Crippen molar-refractivity contribution >= 4 is 11.7 Å². The second-order valence-electron chi connectivity index (χ2n) is 9.47. The third kappa shape index (κ3) is 5.26. The van der Waals surface area contributed by atoms with E-state index in [1.807, 2.05) is 9.80 Å². The third-order valence-corrected chi connectivity index (χ3v) is 7.36. The molecule has 0 spiro atoms. The maximum atomic E-state index is 12.6. The van der Waals surface area contributed by atoms with Crippen LogP contribution in [0.3, 0.4) is 0 Å². The van der Waals surface area contributed by atoms with Crippen LogP contribution in [0, 0.1) is 0 Å². The van der Waals surface area contributed by atoms with Gasteiger partial charge in [0.1, 0.15) is 5.75 Å². The highest BCUT2D eigenvalue weighted by Gasteiger charge is 2.34. The van der Waals surface area contributed by atoms with Crippen LogP contribution in [-0.2, 0) is 0 Å². The Bertz CT molecular complexity index is 703. The molecule has 3 aliphatic heterocycles. The number of quaternary nitrogens is 1. The molecular weight excluding hydrogens is 390 g/mol. The second-order valence-corrected chi connectivity index (χ2v) is 9.47. The van der Waals surface area contributed by atoms with Crippen molar-refractivity contribution in [3.8, 4) is 5.75 Å². The molecule has 0 bridgehead atoms. The van der Waals surface area contributed by atoms with E-state index in [4.69, 9.17) is 4.74 Å². The van der Waals surface area contributed by atoms with Crippen molar-refractivity contribution in [2.75, 3.05) is 84.5 Å². The number of benzene rings is 1. The smallest absolute Gasteiger partial charge is 0.320 e. The predicted octanol–water partition coefficient (Wildman–Crippen LogP) is 2.88. The van der Waals surface area contributed by atoms with Crippen molar-refractivity contribution in [3.05, 3.63) is 24.3 Å². The monoisotopic (exact) mass is 430 g/mol. The Morgan fingerprint density at radius 3 is 2.13 bits per heavy atom. The minimum atomic E-state index is 0.230. The molecule has 0 aromatic heterocycles. The van der Waals surface area contributed by atoms with Crippen molar-refractivity contribution in [3.63, 3.8) is 0 Å². The first-order valence-corrected chi connectivity index (χ1v) is 12.1. The topological polar surface area (TPSA) is 39.3 Å². The lowest BCUT2D eigenvalue weighted by molar-refractivity contribution is -1.02. The van der Waals surface area contributed by atoms with Gasteiger partial charge in [-0.1, -0.05) is 0 Å². The van der Waals surface area contributed by atoms with E-state index in [2.05, 4.69) is 48.3 Å². The van der Waals surface area contributed by atoms with Crippen LogP contribution in [0.25, 0.3) is 0 Å². The molecule has 2 amide bonds. The van der Waals surface area contributed by atoms with Gasteiger partial charge < -0.3 is 19.4 Å². The van der Waals surface area contributed by atoms with Crippen molar-refractivity contribution < 1.29 is 14.1 Å². The zero-order valence-corrected chi connectivity index (χ0v) is 19.5. The Labute approximate surface area is 187 Å². The fourth-order valence-corrected chi connectivity index (χ4v) is 5.31. The van der Waals surface area contributed by atoms with Crippen LogP contribution in [0.5, 0.6) is 5.75 Å². The summed E-state index contributed by atoms with van der Waals surface area (Å²) < 4.78 is 7.14. The lowest BCUT2D eigenvalue weighted by atomic mass is 10.2. The molecular formula is C24H40N5O2+. The number of rotatable bonds is 7. The molecule has 0 aliphatic carbocycles. The summed E-state index contributed by atoms with van der Waals surface area (Å²) in [6.07, 6.45) is 6.04. The molecule has 3 saturated heterocycles. The number of hydrogen-bond donors (Lipinski definition) is 0. The molecule has 0 atom stereocenters. The SMILES string of the molecule is CN(C)[N+]1(CCCOc2ccc(N3CCN(C(=O)N4CCCC4)CC3)cc2)CCCC1. The van der Waals surface area contributed by atoms with Crippen molar-refractivity contribution in [1.82, 2.24) is 14.8 Å². The molecule has 7 heteroatoms. The number of nitrogens with zero attached hydrogens (tertiary/aromatic N) is 5. The molecule has 0 unspecified atom stereocenters. The quantitative estimate of drug-likeness (QED) is 0.493. The second kappa shape index (κ2) is 10.1. The van der Waals surface area contributed by atoms with E-state index in [1.165, 1.54) is 31.6 Å². The molecule has 172 valence electrons. The Morgan fingerprint density at radius 2 is 1.52 bits per heavy atom. The van der Waals surface area contributed by atoms with Gasteiger partial charge in [-0.25, -0.2) is 9.39 Å². The lowest BCUT2D eigenvalue weighted by Gasteiger charge is -2.39. The Balaban J connectivity index is 1.19. The van der Waals surface area contributed by atoms with Gasteiger partial charge in [-0.05, 0) is 37.1 Å². The molecule has 1 aromatic rings. The summed E-state index contributed by atoms with van der Waals surface area (Å²) in [5.74, 6) is 0.949. The first-order valence-electron chi connectivity index (χ1n) is 12.1. The molecule has 0 radical (unpaired) electrons. The van der Waals surface area contributed by atoms with Gasteiger partial charge in [-0.15, -0.1) is 0 Å². The van der Waals surface area contributed by atoms with Crippen LogP contribution in [0.15, 0.2) is 24.3 Å².